The second-order valence-corrected chi connectivity index (χ2v) is 10.4. The topological polar surface area (TPSA) is 75.4 Å². The van der Waals surface area contributed by atoms with Gasteiger partial charge in [-0.1, -0.05) is 13.8 Å². The van der Waals surface area contributed by atoms with Gasteiger partial charge in [-0.15, -0.1) is 12.4 Å². The normalized spacial score (nSPS) is 39.0. The number of amides is 2. The maximum atomic E-state index is 12.9. The van der Waals surface area contributed by atoms with Crippen molar-refractivity contribution in [3.63, 3.8) is 0 Å². The molecular weight excluding hydrogens is 362 g/mol. The van der Waals surface area contributed by atoms with Crippen LogP contribution in [0, 0.1) is 28.6 Å². The Balaban J connectivity index is 0.00000210. The molecule has 2 amide bonds. The zero-order valence-electron chi connectivity index (χ0n) is 16.8. The first-order chi connectivity index (χ1) is 12.3. The van der Waals surface area contributed by atoms with Crippen molar-refractivity contribution in [3.05, 3.63) is 0 Å². The van der Waals surface area contributed by atoms with E-state index >= 15 is 0 Å². The van der Waals surface area contributed by atoms with Gasteiger partial charge in [-0.3, -0.25) is 9.59 Å². The average molecular weight is 398 g/mol. The Kier molecular flexibility index (Phi) is 5.85. The fourth-order valence-corrected chi connectivity index (χ4v) is 6.60. The van der Waals surface area contributed by atoms with Crippen LogP contribution in [0.5, 0.6) is 0 Å². The van der Waals surface area contributed by atoms with Gasteiger partial charge in [0.15, 0.2) is 0 Å². The van der Waals surface area contributed by atoms with E-state index in [0.717, 1.165) is 56.5 Å². The molecule has 6 heteroatoms. The Morgan fingerprint density at radius 1 is 1.07 bits per heavy atom. The minimum atomic E-state index is -0.113. The largest absolute Gasteiger partial charge is 0.355 e. The van der Waals surface area contributed by atoms with Gasteiger partial charge in [-0.05, 0) is 68.1 Å². The molecule has 5 nitrogen and oxygen atoms in total. The predicted molar refractivity (Wildman–Crippen MR) is 108 cm³/mol. The van der Waals surface area contributed by atoms with Crippen LogP contribution in [0.2, 0.25) is 0 Å². The SMILES string of the molecule is CC1(C)CN(C(=O)CCNC(=O)C23CC4CC(CC(C4)C2)C3)CCC1N.Cl. The van der Waals surface area contributed by atoms with E-state index < -0.39 is 0 Å². The molecule has 1 unspecified atom stereocenters. The van der Waals surface area contributed by atoms with Crippen molar-refractivity contribution in [1.29, 1.82) is 0 Å². The number of carbonyl (C=O) groups excluding carboxylic acids is 2. The maximum Gasteiger partial charge on any atom is 0.226 e. The Hall–Kier alpha value is -0.810. The molecule has 0 radical (unpaired) electrons. The lowest BCUT2D eigenvalue weighted by atomic mass is 9.49. The standard InChI is InChI=1S/C21H35N3O2.ClH/c1-20(2)13-24(6-4-17(20)22)18(25)3-5-23-19(26)21-10-14-7-15(11-21)9-16(8-14)12-21;/h14-17H,3-13,22H2,1-2H3,(H,23,26);1H. The minimum absolute atomic E-state index is 0. The van der Waals surface area contributed by atoms with E-state index in [4.69, 9.17) is 5.73 Å². The van der Waals surface area contributed by atoms with Crippen molar-refractivity contribution >= 4 is 24.2 Å². The van der Waals surface area contributed by atoms with E-state index in [2.05, 4.69) is 19.2 Å². The summed E-state index contributed by atoms with van der Waals surface area (Å²) < 4.78 is 0. The molecule has 0 aromatic carbocycles. The van der Waals surface area contributed by atoms with Crippen molar-refractivity contribution in [2.24, 2.45) is 34.3 Å². The van der Waals surface area contributed by atoms with Crippen molar-refractivity contribution < 1.29 is 9.59 Å². The Labute approximate surface area is 169 Å². The first kappa shape index (κ1) is 20.9. The smallest absolute Gasteiger partial charge is 0.226 e. The number of nitrogens with two attached hydrogens (primary N) is 1. The number of rotatable bonds is 4. The molecular formula is C21H36ClN3O2. The quantitative estimate of drug-likeness (QED) is 0.765. The predicted octanol–water partition coefficient (Wildman–Crippen LogP) is 2.72. The summed E-state index contributed by atoms with van der Waals surface area (Å²) in [5, 5.41) is 3.13. The Bertz CT molecular complexity index is 557. The molecule has 0 spiro atoms. The zero-order valence-corrected chi connectivity index (χ0v) is 17.7. The highest BCUT2D eigenvalue weighted by Gasteiger charge is 2.54. The molecule has 5 aliphatic rings. The number of likely N-dealkylation sites (tertiary alicyclic amines) is 1. The van der Waals surface area contributed by atoms with E-state index in [0.29, 0.717) is 13.0 Å². The number of nitrogens with one attached hydrogen (secondary N) is 1. The van der Waals surface area contributed by atoms with Crippen LogP contribution in [-0.4, -0.2) is 42.4 Å². The molecule has 3 N–H and O–H groups in total. The van der Waals surface area contributed by atoms with Crippen LogP contribution in [0.1, 0.15) is 65.2 Å². The van der Waals surface area contributed by atoms with Gasteiger partial charge < -0.3 is 16.0 Å². The summed E-state index contributed by atoms with van der Waals surface area (Å²) >= 11 is 0. The molecule has 27 heavy (non-hydrogen) atoms. The molecule has 4 saturated carbocycles. The molecule has 4 aliphatic carbocycles. The average Bonchev–Trinajstić information content (AvgIpc) is 2.55. The van der Waals surface area contributed by atoms with Gasteiger partial charge in [-0.2, -0.15) is 0 Å². The van der Waals surface area contributed by atoms with Crippen LogP contribution in [0.15, 0.2) is 0 Å². The summed E-state index contributed by atoms with van der Waals surface area (Å²) in [6.07, 6.45) is 8.54. The van der Waals surface area contributed by atoms with E-state index in [1.807, 2.05) is 4.90 Å². The molecule has 1 aliphatic heterocycles. The molecule has 5 rings (SSSR count). The fraction of sp³-hybridized carbons (Fsp3) is 0.905. The Morgan fingerprint density at radius 2 is 1.63 bits per heavy atom. The Morgan fingerprint density at radius 3 is 2.15 bits per heavy atom. The third-order valence-electron chi connectivity index (χ3n) is 7.81. The van der Waals surface area contributed by atoms with E-state index in [-0.39, 0.29) is 41.1 Å². The number of halogens is 1. The third kappa shape index (κ3) is 4.00. The molecule has 4 bridgehead atoms. The molecule has 1 atom stereocenters. The third-order valence-corrected chi connectivity index (χ3v) is 7.81. The van der Waals surface area contributed by atoms with Crippen molar-refractivity contribution in [2.75, 3.05) is 19.6 Å². The lowest BCUT2D eigenvalue weighted by molar-refractivity contribution is -0.146. The summed E-state index contributed by atoms with van der Waals surface area (Å²) in [5.41, 5.74) is 6.02. The van der Waals surface area contributed by atoms with Gasteiger partial charge in [0.25, 0.3) is 0 Å². The molecule has 0 aromatic heterocycles. The fourth-order valence-electron chi connectivity index (χ4n) is 6.60. The summed E-state index contributed by atoms with van der Waals surface area (Å²) in [4.78, 5) is 27.4. The molecule has 0 aromatic rings. The highest BCUT2D eigenvalue weighted by molar-refractivity contribution is 5.85. The summed E-state index contributed by atoms with van der Waals surface area (Å²) in [7, 11) is 0. The molecule has 154 valence electrons. The van der Waals surface area contributed by atoms with E-state index in [1.54, 1.807) is 0 Å². The maximum absolute atomic E-state index is 12.9. The highest BCUT2D eigenvalue weighted by atomic mass is 35.5. The first-order valence-corrected chi connectivity index (χ1v) is 10.6. The van der Waals surface area contributed by atoms with Crippen LogP contribution in [0.25, 0.3) is 0 Å². The van der Waals surface area contributed by atoms with Gasteiger partial charge >= 0.3 is 0 Å². The van der Waals surface area contributed by atoms with Gasteiger partial charge in [-0.25, -0.2) is 0 Å². The molecule has 1 saturated heterocycles. The van der Waals surface area contributed by atoms with Gasteiger partial charge in [0.05, 0.1) is 0 Å². The second kappa shape index (κ2) is 7.55. The number of hydrogen-bond donors (Lipinski definition) is 2. The van der Waals surface area contributed by atoms with E-state index in [1.165, 1.54) is 19.3 Å². The van der Waals surface area contributed by atoms with Crippen molar-refractivity contribution in [1.82, 2.24) is 10.2 Å². The lowest BCUT2D eigenvalue weighted by Crippen LogP contribution is -2.55. The first-order valence-electron chi connectivity index (χ1n) is 10.6. The van der Waals surface area contributed by atoms with Gasteiger partial charge in [0.2, 0.25) is 11.8 Å². The second-order valence-electron chi connectivity index (χ2n) is 10.4. The minimum Gasteiger partial charge on any atom is -0.355 e. The number of hydrogen-bond acceptors (Lipinski definition) is 3. The zero-order chi connectivity index (χ0) is 18.5. The molecule has 1 heterocycles. The van der Waals surface area contributed by atoms with Crippen molar-refractivity contribution in [3.8, 4) is 0 Å². The summed E-state index contributed by atoms with van der Waals surface area (Å²) in [5.74, 6) is 2.69. The number of piperidine rings is 1. The van der Waals surface area contributed by atoms with Crippen LogP contribution in [0.3, 0.4) is 0 Å². The molecule has 5 fully saturated rings. The number of carbonyl (C=O) groups is 2. The monoisotopic (exact) mass is 397 g/mol. The van der Waals surface area contributed by atoms with Gasteiger partial charge in [0.1, 0.15) is 0 Å². The van der Waals surface area contributed by atoms with E-state index in [9.17, 15) is 9.59 Å². The highest BCUT2D eigenvalue weighted by Crippen LogP contribution is 2.60. The lowest BCUT2D eigenvalue weighted by Gasteiger charge is -2.55. The van der Waals surface area contributed by atoms with Gasteiger partial charge in [0, 0.05) is 37.5 Å². The van der Waals surface area contributed by atoms with Crippen LogP contribution >= 0.6 is 12.4 Å². The summed E-state index contributed by atoms with van der Waals surface area (Å²) in [6.45, 7) is 6.20. The van der Waals surface area contributed by atoms with Crippen molar-refractivity contribution in [2.45, 2.75) is 71.3 Å². The van der Waals surface area contributed by atoms with Crippen LogP contribution in [0.4, 0.5) is 0 Å². The summed E-state index contributed by atoms with van der Waals surface area (Å²) in [6, 6.07) is 0.155. The number of nitrogens with zero attached hydrogens (tertiary/aromatic N) is 1. The van der Waals surface area contributed by atoms with Crippen LogP contribution in [-0.2, 0) is 9.59 Å². The van der Waals surface area contributed by atoms with Crippen LogP contribution < -0.4 is 11.1 Å².